The van der Waals surface area contributed by atoms with Crippen molar-refractivity contribution in [2.75, 3.05) is 17.3 Å². The van der Waals surface area contributed by atoms with Gasteiger partial charge in [0.1, 0.15) is 17.4 Å². The maximum Gasteiger partial charge on any atom is 0.415 e. The number of pyridine rings is 1. The average molecular weight is 468 g/mol. The third-order valence-corrected chi connectivity index (χ3v) is 6.18. The molecule has 1 saturated heterocycles. The molecule has 35 heavy (non-hydrogen) atoms. The summed E-state index contributed by atoms with van der Waals surface area (Å²) in [7, 11) is 1.61. The molecular weight excluding hydrogens is 442 g/mol. The first-order chi connectivity index (χ1) is 16.9. The lowest BCUT2D eigenvalue weighted by Crippen LogP contribution is -2.33. The number of carbonyl (C=O) groups is 2. The summed E-state index contributed by atoms with van der Waals surface area (Å²) < 4.78 is 11.0. The fourth-order valence-corrected chi connectivity index (χ4v) is 4.51. The molecule has 5 rings (SSSR count). The van der Waals surface area contributed by atoms with Gasteiger partial charge in [-0.1, -0.05) is 30.3 Å². The van der Waals surface area contributed by atoms with Gasteiger partial charge >= 0.3 is 6.09 Å². The average Bonchev–Trinajstić information content (AvgIpc) is 3.12. The summed E-state index contributed by atoms with van der Waals surface area (Å²) in [5.74, 6) is 0.478. The molecule has 1 atom stereocenters. The molecule has 0 bridgehead atoms. The van der Waals surface area contributed by atoms with E-state index in [-0.39, 0.29) is 11.9 Å². The number of fused-ring (bicyclic) bond motifs is 1. The van der Waals surface area contributed by atoms with E-state index in [2.05, 4.69) is 10.3 Å². The molecule has 1 N–H and O–H groups in total. The Kier molecular flexibility index (Phi) is 5.61. The van der Waals surface area contributed by atoms with Crippen molar-refractivity contribution in [3.63, 3.8) is 0 Å². The summed E-state index contributed by atoms with van der Waals surface area (Å²) in [6.07, 6.45) is 1.26. The number of anilines is 2. The van der Waals surface area contributed by atoms with Crippen molar-refractivity contribution in [1.29, 1.82) is 0 Å². The summed E-state index contributed by atoms with van der Waals surface area (Å²) in [6, 6.07) is 23.6. The van der Waals surface area contributed by atoms with Crippen molar-refractivity contribution in [3.05, 3.63) is 96.2 Å². The SMILES string of the molecule is COc1ccc(C2N(c3ccc(C(=O)Nc4cccc5cccnc45)cc3)C(=O)OC2(C)C)cc1. The van der Waals surface area contributed by atoms with Crippen LogP contribution in [0, 0.1) is 0 Å². The van der Waals surface area contributed by atoms with Crippen LogP contribution in [0.15, 0.2) is 85.1 Å². The van der Waals surface area contributed by atoms with Gasteiger partial charge in [-0.15, -0.1) is 0 Å². The first-order valence-electron chi connectivity index (χ1n) is 11.3. The molecule has 0 saturated carbocycles. The van der Waals surface area contributed by atoms with Crippen LogP contribution in [0.25, 0.3) is 10.9 Å². The van der Waals surface area contributed by atoms with Gasteiger partial charge in [0.05, 0.1) is 18.3 Å². The molecule has 1 aromatic heterocycles. The molecule has 1 unspecified atom stereocenters. The quantitative estimate of drug-likeness (QED) is 0.391. The van der Waals surface area contributed by atoms with E-state index in [1.807, 2.05) is 68.4 Å². The van der Waals surface area contributed by atoms with Crippen LogP contribution in [0.4, 0.5) is 16.2 Å². The van der Waals surface area contributed by atoms with E-state index in [1.165, 1.54) is 0 Å². The van der Waals surface area contributed by atoms with Crippen molar-refractivity contribution in [2.45, 2.75) is 25.5 Å². The number of para-hydroxylation sites is 1. The number of benzene rings is 3. The topological polar surface area (TPSA) is 80.8 Å². The highest BCUT2D eigenvalue weighted by molar-refractivity contribution is 6.08. The van der Waals surface area contributed by atoms with E-state index >= 15 is 0 Å². The fourth-order valence-electron chi connectivity index (χ4n) is 4.51. The Morgan fingerprint density at radius 1 is 1.00 bits per heavy atom. The van der Waals surface area contributed by atoms with Crippen LogP contribution < -0.4 is 15.0 Å². The highest BCUT2D eigenvalue weighted by atomic mass is 16.6. The molecule has 1 fully saturated rings. The van der Waals surface area contributed by atoms with Crippen molar-refractivity contribution in [3.8, 4) is 5.75 Å². The number of ether oxygens (including phenoxy) is 2. The molecule has 7 nitrogen and oxygen atoms in total. The normalized spacial score (nSPS) is 16.7. The third-order valence-electron chi connectivity index (χ3n) is 6.18. The predicted octanol–water partition coefficient (Wildman–Crippen LogP) is 5.97. The number of hydrogen-bond donors (Lipinski definition) is 1. The van der Waals surface area contributed by atoms with Gasteiger partial charge in [-0.25, -0.2) is 4.79 Å². The molecule has 0 aliphatic carbocycles. The van der Waals surface area contributed by atoms with E-state index in [1.54, 1.807) is 42.5 Å². The van der Waals surface area contributed by atoms with Crippen LogP contribution in [-0.2, 0) is 4.74 Å². The number of aromatic nitrogens is 1. The van der Waals surface area contributed by atoms with Crippen molar-refractivity contribution >= 4 is 34.3 Å². The number of cyclic esters (lactones) is 1. The summed E-state index contributed by atoms with van der Waals surface area (Å²) in [5, 5.41) is 3.88. The second-order valence-electron chi connectivity index (χ2n) is 8.90. The largest absolute Gasteiger partial charge is 0.497 e. The molecule has 1 aliphatic heterocycles. The first-order valence-corrected chi connectivity index (χ1v) is 11.3. The van der Waals surface area contributed by atoms with Gasteiger partial charge in [0, 0.05) is 22.8 Å². The number of methoxy groups -OCH3 is 1. The molecule has 2 amide bonds. The van der Waals surface area contributed by atoms with E-state index in [9.17, 15) is 9.59 Å². The maximum absolute atomic E-state index is 12.9. The summed E-state index contributed by atoms with van der Waals surface area (Å²) in [6.45, 7) is 3.78. The van der Waals surface area contributed by atoms with Crippen LogP contribution in [0.1, 0.15) is 35.8 Å². The molecule has 1 aliphatic rings. The number of nitrogens with one attached hydrogen (secondary N) is 1. The monoisotopic (exact) mass is 467 g/mol. The van der Waals surface area contributed by atoms with Gasteiger partial charge < -0.3 is 14.8 Å². The van der Waals surface area contributed by atoms with E-state index in [0.29, 0.717) is 16.9 Å². The van der Waals surface area contributed by atoms with E-state index < -0.39 is 11.7 Å². The molecule has 2 heterocycles. The van der Waals surface area contributed by atoms with Gasteiger partial charge in [0.2, 0.25) is 0 Å². The summed E-state index contributed by atoms with van der Waals surface area (Å²) in [4.78, 5) is 31.8. The number of nitrogens with zero attached hydrogens (tertiary/aromatic N) is 2. The Hall–Kier alpha value is -4.39. The van der Waals surface area contributed by atoms with Crippen LogP contribution in [0.5, 0.6) is 5.75 Å². The minimum Gasteiger partial charge on any atom is -0.497 e. The summed E-state index contributed by atoms with van der Waals surface area (Å²) in [5.41, 5.74) is 2.65. The second-order valence-corrected chi connectivity index (χ2v) is 8.90. The van der Waals surface area contributed by atoms with Gasteiger partial charge in [-0.2, -0.15) is 0 Å². The second kappa shape index (κ2) is 8.76. The van der Waals surface area contributed by atoms with Crippen LogP contribution in [0.2, 0.25) is 0 Å². The Balaban J connectivity index is 1.41. The zero-order valence-corrected chi connectivity index (χ0v) is 19.7. The van der Waals surface area contributed by atoms with Crippen molar-refractivity contribution < 1.29 is 19.1 Å². The predicted molar refractivity (Wildman–Crippen MR) is 135 cm³/mol. The Morgan fingerprint density at radius 3 is 2.43 bits per heavy atom. The van der Waals surface area contributed by atoms with Crippen molar-refractivity contribution in [1.82, 2.24) is 4.98 Å². The molecule has 4 aromatic rings. The number of rotatable bonds is 5. The third kappa shape index (κ3) is 4.17. The zero-order valence-electron chi connectivity index (χ0n) is 19.7. The smallest absolute Gasteiger partial charge is 0.415 e. The minimum atomic E-state index is -0.747. The molecule has 3 aromatic carbocycles. The fraction of sp³-hybridized carbons (Fsp3) is 0.179. The number of amides is 2. The number of hydrogen-bond acceptors (Lipinski definition) is 5. The molecule has 176 valence electrons. The maximum atomic E-state index is 12.9. The lowest BCUT2D eigenvalue weighted by Gasteiger charge is -2.29. The Labute approximate surface area is 203 Å². The summed E-state index contributed by atoms with van der Waals surface area (Å²) >= 11 is 0. The number of carbonyl (C=O) groups excluding carboxylic acids is 2. The molecule has 0 radical (unpaired) electrons. The highest BCUT2D eigenvalue weighted by Gasteiger charge is 2.49. The molecular formula is C28H25N3O4. The van der Waals surface area contributed by atoms with Gasteiger partial charge in [0.25, 0.3) is 5.91 Å². The van der Waals surface area contributed by atoms with Crippen LogP contribution in [0.3, 0.4) is 0 Å². The van der Waals surface area contributed by atoms with Gasteiger partial charge in [-0.05, 0) is 67.9 Å². The van der Waals surface area contributed by atoms with Crippen LogP contribution in [-0.4, -0.2) is 29.7 Å². The molecule has 0 spiro atoms. The lowest BCUT2D eigenvalue weighted by molar-refractivity contribution is 0.0685. The zero-order chi connectivity index (χ0) is 24.6. The molecule has 7 heteroatoms. The van der Waals surface area contributed by atoms with E-state index in [4.69, 9.17) is 9.47 Å². The first kappa shape index (κ1) is 22.4. The van der Waals surface area contributed by atoms with Gasteiger partial charge in [0.15, 0.2) is 0 Å². The highest BCUT2D eigenvalue weighted by Crippen LogP contribution is 2.44. The Bertz CT molecular complexity index is 1390. The minimum absolute atomic E-state index is 0.259. The van der Waals surface area contributed by atoms with Crippen LogP contribution >= 0.6 is 0 Å². The van der Waals surface area contributed by atoms with E-state index in [0.717, 1.165) is 22.2 Å². The lowest BCUT2D eigenvalue weighted by atomic mass is 9.91. The van der Waals surface area contributed by atoms with Crippen molar-refractivity contribution in [2.24, 2.45) is 0 Å². The Morgan fingerprint density at radius 2 is 1.71 bits per heavy atom. The van der Waals surface area contributed by atoms with Gasteiger partial charge in [-0.3, -0.25) is 14.7 Å². The standard InChI is InChI=1S/C28H25N3O4/c1-28(2)25(19-11-15-22(34-3)16-12-19)31(27(33)35-28)21-13-9-20(10-14-21)26(32)30-23-8-4-6-18-7-5-17-29-24(18)23/h4-17,25H,1-3H3,(H,30,32).